The van der Waals surface area contributed by atoms with Gasteiger partial charge in [-0.2, -0.15) is 10.4 Å². The first-order chi connectivity index (χ1) is 11.4. The number of carbonyl (C=O) groups is 1. The lowest BCUT2D eigenvalue weighted by Crippen LogP contribution is -2.22. The molecule has 0 aliphatic rings. The van der Waals surface area contributed by atoms with Crippen LogP contribution in [0.3, 0.4) is 0 Å². The fourth-order valence-corrected chi connectivity index (χ4v) is 2.83. The van der Waals surface area contributed by atoms with Crippen molar-refractivity contribution in [3.63, 3.8) is 0 Å². The molecule has 1 N–H and O–H groups in total. The second-order valence-corrected chi connectivity index (χ2v) is 6.47. The number of amides is 1. The molecule has 1 aromatic carbocycles. The highest BCUT2D eigenvalue weighted by molar-refractivity contribution is 6.48. The molecule has 0 saturated carbocycles. The van der Waals surface area contributed by atoms with Gasteiger partial charge in [0.15, 0.2) is 5.82 Å². The zero-order chi connectivity index (χ0) is 17.9. The van der Waals surface area contributed by atoms with E-state index in [0.717, 1.165) is 12.8 Å². The zero-order valence-corrected chi connectivity index (χ0v) is 15.4. The van der Waals surface area contributed by atoms with Crippen LogP contribution in [-0.2, 0) is 4.79 Å². The van der Waals surface area contributed by atoms with Crippen molar-refractivity contribution in [2.24, 2.45) is 5.92 Å². The van der Waals surface area contributed by atoms with E-state index in [2.05, 4.69) is 10.4 Å². The molecule has 2 aromatic rings. The van der Waals surface area contributed by atoms with Gasteiger partial charge in [0, 0.05) is 5.92 Å². The lowest BCUT2D eigenvalue weighted by Gasteiger charge is -2.14. The largest absolute Gasteiger partial charge is 0.309 e. The molecule has 1 atom stereocenters. The van der Waals surface area contributed by atoms with Crippen molar-refractivity contribution in [2.75, 3.05) is 5.32 Å². The van der Waals surface area contributed by atoms with Gasteiger partial charge in [-0.25, -0.2) is 4.68 Å². The summed E-state index contributed by atoms with van der Waals surface area (Å²) in [7, 11) is 0. The highest BCUT2D eigenvalue weighted by Crippen LogP contribution is 2.36. The van der Waals surface area contributed by atoms with Crippen LogP contribution in [0.5, 0.6) is 0 Å². The fourth-order valence-electron chi connectivity index (χ4n) is 2.22. The Bertz CT molecular complexity index is 810. The predicted molar refractivity (Wildman–Crippen MR) is 96.0 cm³/mol. The Hall–Kier alpha value is -1.74. The normalized spacial score (nSPS) is 11.8. The van der Waals surface area contributed by atoms with Gasteiger partial charge in [0.05, 0.1) is 27.0 Å². The van der Waals surface area contributed by atoms with Gasteiger partial charge in [0.25, 0.3) is 0 Å². The Labute approximate surface area is 155 Å². The molecule has 0 aliphatic heterocycles. The number of halogens is 3. The number of hydrogen-bond acceptors (Lipinski definition) is 3. The highest BCUT2D eigenvalue weighted by atomic mass is 35.5. The molecule has 8 heteroatoms. The summed E-state index contributed by atoms with van der Waals surface area (Å²) >= 11 is 18.2. The maximum atomic E-state index is 12.3. The molecule has 24 heavy (non-hydrogen) atoms. The molecule has 1 aromatic heterocycles. The van der Waals surface area contributed by atoms with Crippen LogP contribution in [-0.4, -0.2) is 15.7 Å². The number of nitrogens with zero attached hydrogens (tertiary/aromatic N) is 3. The molecule has 0 fully saturated rings. The van der Waals surface area contributed by atoms with Crippen molar-refractivity contribution in [1.29, 1.82) is 5.26 Å². The zero-order valence-electron chi connectivity index (χ0n) is 13.1. The molecule has 0 bridgehead atoms. The third kappa shape index (κ3) is 3.67. The monoisotopic (exact) mass is 384 g/mol. The van der Waals surface area contributed by atoms with Crippen LogP contribution in [0.4, 0.5) is 5.82 Å². The molecule has 0 spiro atoms. The average Bonchev–Trinajstić information content (AvgIpc) is 2.95. The minimum Gasteiger partial charge on any atom is -0.309 e. The molecule has 1 amide bonds. The Kier molecular flexibility index (Phi) is 6.11. The fraction of sp³-hybridized carbons (Fsp3) is 0.312. The van der Waals surface area contributed by atoms with E-state index in [4.69, 9.17) is 34.8 Å². The van der Waals surface area contributed by atoms with Gasteiger partial charge in [-0.05, 0) is 18.6 Å². The summed E-state index contributed by atoms with van der Waals surface area (Å²) in [6.45, 7) is 3.84. The van der Waals surface area contributed by atoms with E-state index in [-0.39, 0.29) is 33.3 Å². The summed E-state index contributed by atoms with van der Waals surface area (Å²) in [6, 6.07) is 5.20. The standard InChI is InChI=1S/C16H15Cl3N4O/c1-3-4-9(2)16(24)22-15-10(7-20)8-21-23(15)12-6-5-11(17)13(18)14(12)19/h5-6,8-9H,3-4H2,1-2H3,(H,22,24). The van der Waals surface area contributed by atoms with E-state index in [1.165, 1.54) is 10.9 Å². The third-order valence-corrected chi connectivity index (χ3v) is 4.83. The quantitative estimate of drug-likeness (QED) is 0.730. The van der Waals surface area contributed by atoms with Crippen LogP contribution in [0.15, 0.2) is 18.3 Å². The lowest BCUT2D eigenvalue weighted by molar-refractivity contribution is -0.119. The van der Waals surface area contributed by atoms with Gasteiger partial charge < -0.3 is 5.32 Å². The number of carbonyl (C=O) groups excluding carboxylic acids is 1. The first kappa shape index (κ1) is 18.6. The summed E-state index contributed by atoms with van der Waals surface area (Å²) in [4.78, 5) is 12.3. The van der Waals surface area contributed by atoms with Crippen molar-refractivity contribution in [3.8, 4) is 11.8 Å². The van der Waals surface area contributed by atoms with Gasteiger partial charge in [-0.3, -0.25) is 4.79 Å². The van der Waals surface area contributed by atoms with Crippen molar-refractivity contribution in [2.45, 2.75) is 26.7 Å². The molecule has 126 valence electrons. The van der Waals surface area contributed by atoms with Gasteiger partial charge >= 0.3 is 0 Å². The van der Waals surface area contributed by atoms with E-state index in [0.29, 0.717) is 10.7 Å². The maximum absolute atomic E-state index is 12.3. The first-order valence-electron chi connectivity index (χ1n) is 7.33. The SMILES string of the molecule is CCCC(C)C(=O)Nc1c(C#N)cnn1-c1ccc(Cl)c(Cl)c1Cl. The molecular formula is C16H15Cl3N4O. The number of anilines is 1. The molecule has 1 unspecified atom stereocenters. The van der Waals surface area contributed by atoms with E-state index < -0.39 is 0 Å². The number of nitrogens with one attached hydrogen (secondary N) is 1. The number of nitriles is 1. The van der Waals surface area contributed by atoms with E-state index in [1.54, 1.807) is 12.1 Å². The summed E-state index contributed by atoms with van der Waals surface area (Å²) in [6.07, 6.45) is 2.99. The summed E-state index contributed by atoms with van der Waals surface area (Å²) in [5.74, 6) is -0.119. The molecule has 0 saturated heterocycles. The number of aromatic nitrogens is 2. The minimum atomic E-state index is -0.189. The van der Waals surface area contributed by atoms with Crippen molar-refractivity contribution < 1.29 is 4.79 Å². The van der Waals surface area contributed by atoms with E-state index in [9.17, 15) is 10.1 Å². The smallest absolute Gasteiger partial charge is 0.228 e. The van der Waals surface area contributed by atoms with Gasteiger partial charge in [0.2, 0.25) is 5.91 Å². The summed E-state index contributed by atoms with van der Waals surface area (Å²) < 4.78 is 1.37. The van der Waals surface area contributed by atoms with Gasteiger partial charge in [-0.15, -0.1) is 0 Å². The van der Waals surface area contributed by atoms with Crippen LogP contribution in [0.25, 0.3) is 5.69 Å². The van der Waals surface area contributed by atoms with Crippen LogP contribution >= 0.6 is 34.8 Å². The second-order valence-electron chi connectivity index (χ2n) is 5.30. The van der Waals surface area contributed by atoms with E-state index >= 15 is 0 Å². The molecule has 5 nitrogen and oxygen atoms in total. The molecule has 2 rings (SSSR count). The molecule has 0 radical (unpaired) electrons. The van der Waals surface area contributed by atoms with Crippen molar-refractivity contribution in [3.05, 3.63) is 39.0 Å². The number of hydrogen-bond donors (Lipinski definition) is 1. The van der Waals surface area contributed by atoms with Gasteiger partial charge in [0.1, 0.15) is 11.6 Å². The number of benzene rings is 1. The van der Waals surface area contributed by atoms with Crippen molar-refractivity contribution in [1.82, 2.24) is 9.78 Å². The maximum Gasteiger partial charge on any atom is 0.228 e. The Morgan fingerprint density at radius 1 is 1.38 bits per heavy atom. The molecular weight excluding hydrogens is 371 g/mol. The van der Waals surface area contributed by atoms with Crippen LogP contribution < -0.4 is 5.32 Å². The Balaban J connectivity index is 2.47. The minimum absolute atomic E-state index is 0.182. The average molecular weight is 386 g/mol. The number of rotatable bonds is 5. The summed E-state index contributed by atoms with van der Waals surface area (Å²) in [5.41, 5.74) is 0.653. The molecule has 0 aliphatic carbocycles. The van der Waals surface area contributed by atoms with Crippen LogP contribution in [0, 0.1) is 17.2 Å². The lowest BCUT2D eigenvalue weighted by atomic mass is 10.1. The first-order valence-corrected chi connectivity index (χ1v) is 8.46. The highest BCUT2D eigenvalue weighted by Gasteiger charge is 2.21. The Morgan fingerprint density at radius 2 is 2.08 bits per heavy atom. The second kappa shape index (κ2) is 7.89. The van der Waals surface area contributed by atoms with Crippen LogP contribution in [0.2, 0.25) is 15.1 Å². The Morgan fingerprint density at radius 3 is 2.71 bits per heavy atom. The van der Waals surface area contributed by atoms with Crippen LogP contribution in [0.1, 0.15) is 32.3 Å². The summed E-state index contributed by atoms with van der Waals surface area (Å²) in [5, 5.41) is 16.8. The molecule has 1 heterocycles. The topological polar surface area (TPSA) is 70.7 Å². The van der Waals surface area contributed by atoms with E-state index in [1.807, 2.05) is 19.9 Å². The van der Waals surface area contributed by atoms with Gasteiger partial charge in [-0.1, -0.05) is 55.1 Å². The third-order valence-electron chi connectivity index (χ3n) is 3.54. The predicted octanol–water partition coefficient (Wildman–Crippen LogP) is 5.08. The van der Waals surface area contributed by atoms with Crippen molar-refractivity contribution >= 4 is 46.5 Å².